The van der Waals surface area contributed by atoms with Gasteiger partial charge in [0.1, 0.15) is 0 Å². The molecule has 2 heterocycles. The van der Waals surface area contributed by atoms with Crippen LogP contribution in [0, 0.1) is 6.92 Å². The van der Waals surface area contributed by atoms with Gasteiger partial charge in [-0.3, -0.25) is 0 Å². The Hall–Kier alpha value is -1.40. The lowest BCUT2D eigenvalue weighted by Crippen LogP contribution is -2.33. The quantitative estimate of drug-likeness (QED) is 0.532. The Morgan fingerprint density at radius 2 is 2.15 bits per heavy atom. The molecule has 2 aromatic heterocycles. The number of aryl methyl sites for hydroxylation is 1. The van der Waals surface area contributed by atoms with Crippen LogP contribution in [0.5, 0.6) is 0 Å². The highest BCUT2D eigenvalue weighted by atomic mass is 16.4. The van der Waals surface area contributed by atoms with E-state index in [0.717, 1.165) is 5.69 Å². The maximum absolute atomic E-state index is 8.85. The second-order valence-corrected chi connectivity index (χ2v) is 2.82. The van der Waals surface area contributed by atoms with Crippen LogP contribution in [0.3, 0.4) is 0 Å². The maximum atomic E-state index is 8.85. The highest BCUT2D eigenvalue weighted by Crippen LogP contribution is 1.99. The SMILES string of the molecule is Cc1cn2nc(B(O)O)ccc2n1. The lowest BCUT2D eigenvalue weighted by molar-refractivity contribution is 0.423. The third-order valence-electron chi connectivity index (χ3n) is 1.73. The van der Waals surface area contributed by atoms with Gasteiger partial charge in [-0.1, -0.05) is 0 Å². The van der Waals surface area contributed by atoms with Gasteiger partial charge in [0.2, 0.25) is 0 Å². The van der Waals surface area contributed by atoms with Crippen LogP contribution >= 0.6 is 0 Å². The number of fused-ring (bicyclic) bond motifs is 1. The third-order valence-corrected chi connectivity index (χ3v) is 1.73. The van der Waals surface area contributed by atoms with E-state index in [-0.39, 0.29) is 5.59 Å². The first-order valence-corrected chi connectivity index (χ1v) is 3.86. The first kappa shape index (κ1) is 8.21. The standard InChI is InChI=1S/C7H8BN3O2/c1-5-4-11-7(9-5)3-2-6(10-11)8(12)13/h2-4,12-13H,1H3. The molecule has 13 heavy (non-hydrogen) atoms. The molecule has 2 N–H and O–H groups in total. The highest BCUT2D eigenvalue weighted by molar-refractivity contribution is 6.57. The smallest absolute Gasteiger partial charge is 0.422 e. The second kappa shape index (κ2) is 2.83. The van der Waals surface area contributed by atoms with E-state index in [9.17, 15) is 0 Å². The van der Waals surface area contributed by atoms with Crippen molar-refractivity contribution >= 4 is 18.4 Å². The van der Waals surface area contributed by atoms with Gasteiger partial charge in [-0.25, -0.2) is 9.50 Å². The molecule has 0 aliphatic carbocycles. The van der Waals surface area contributed by atoms with E-state index in [1.54, 1.807) is 12.3 Å². The highest BCUT2D eigenvalue weighted by Gasteiger charge is 2.13. The molecule has 5 nitrogen and oxygen atoms in total. The van der Waals surface area contributed by atoms with E-state index in [1.165, 1.54) is 10.6 Å². The van der Waals surface area contributed by atoms with Crippen LogP contribution in [0.15, 0.2) is 18.3 Å². The average molecular weight is 177 g/mol. The molecule has 0 fully saturated rings. The predicted octanol–water partition coefficient (Wildman–Crippen LogP) is -1.28. The third kappa shape index (κ3) is 1.41. The van der Waals surface area contributed by atoms with Crippen molar-refractivity contribution in [3.05, 3.63) is 24.0 Å². The van der Waals surface area contributed by atoms with E-state index in [1.807, 2.05) is 6.92 Å². The van der Waals surface area contributed by atoms with Gasteiger partial charge in [-0.15, -0.1) is 0 Å². The molecule has 2 rings (SSSR count). The minimum absolute atomic E-state index is 0.213. The summed E-state index contributed by atoms with van der Waals surface area (Å²) in [5.74, 6) is 0. The minimum Gasteiger partial charge on any atom is -0.422 e. The molecule has 0 radical (unpaired) electrons. The number of hydrogen-bond acceptors (Lipinski definition) is 4. The molecule has 66 valence electrons. The fourth-order valence-electron chi connectivity index (χ4n) is 1.15. The molecule has 0 aliphatic heterocycles. The molecule has 6 heteroatoms. The largest absolute Gasteiger partial charge is 0.510 e. The van der Waals surface area contributed by atoms with E-state index in [0.29, 0.717) is 5.65 Å². The first-order chi connectivity index (χ1) is 6.16. The van der Waals surface area contributed by atoms with Crippen LogP contribution in [-0.2, 0) is 0 Å². The van der Waals surface area contributed by atoms with Crippen molar-refractivity contribution in [1.82, 2.24) is 14.6 Å². The first-order valence-electron chi connectivity index (χ1n) is 3.86. The van der Waals surface area contributed by atoms with Gasteiger partial charge in [0.15, 0.2) is 5.65 Å². The van der Waals surface area contributed by atoms with Gasteiger partial charge < -0.3 is 10.0 Å². The molecule has 0 aliphatic rings. The van der Waals surface area contributed by atoms with E-state index < -0.39 is 7.12 Å². The zero-order valence-corrected chi connectivity index (χ0v) is 7.05. The summed E-state index contributed by atoms with van der Waals surface area (Å²) in [5.41, 5.74) is 1.75. The van der Waals surface area contributed by atoms with Gasteiger partial charge in [0.05, 0.1) is 17.5 Å². The maximum Gasteiger partial charge on any atom is 0.510 e. The van der Waals surface area contributed by atoms with Crippen LogP contribution < -0.4 is 5.59 Å². The summed E-state index contributed by atoms with van der Waals surface area (Å²) in [6, 6.07) is 3.22. The summed E-state index contributed by atoms with van der Waals surface area (Å²) in [7, 11) is -1.54. The Morgan fingerprint density at radius 3 is 2.85 bits per heavy atom. The van der Waals surface area contributed by atoms with Crippen molar-refractivity contribution in [1.29, 1.82) is 0 Å². The molecule has 0 saturated carbocycles. The van der Waals surface area contributed by atoms with Crippen LogP contribution in [0.1, 0.15) is 5.69 Å². The van der Waals surface area contributed by atoms with Gasteiger partial charge in [0, 0.05) is 0 Å². The molecule has 0 aromatic carbocycles. The summed E-state index contributed by atoms with van der Waals surface area (Å²) in [6.45, 7) is 1.85. The molecule has 0 bridgehead atoms. The zero-order valence-electron chi connectivity index (χ0n) is 7.05. The summed E-state index contributed by atoms with van der Waals surface area (Å²) in [6.07, 6.45) is 1.72. The lowest BCUT2D eigenvalue weighted by Gasteiger charge is -1.97. The van der Waals surface area contributed by atoms with E-state index in [2.05, 4.69) is 10.1 Å². The van der Waals surface area contributed by atoms with Crippen LogP contribution in [-0.4, -0.2) is 31.8 Å². The Balaban J connectivity index is 2.61. The summed E-state index contributed by atoms with van der Waals surface area (Å²) >= 11 is 0. The van der Waals surface area contributed by atoms with Gasteiger partial charge in [-0.05, 0) is 19.1 Å². The Kier molecular flexibility index (Phi) is 1.79. The number of imidazole rings is 1. The minimum atomic E-state index is -1.54. The molecule has 0 atom stereocenters. The zero-order chi connectivity index (χ0) is 9.42. The molecule has 0 saturated heterocycles. The molecule has 0 amide bonds. The fraction of sp³-hybridized carbons (Fsp3) is 0.143. The van der Waals surface area contributed by atoms with Crippen molar-refractivity contribution in [2.75, 3.05) is 0 Å². The summed E-state index contributed by atoms with van der Waals surface area (Å²) in [4.78, 5) is 4.15. The lowest BCUT2D eigenvalue weighted by atomic mass is 9.86. The van der Waals surface area contributed by atoms with Crippen molar-refractivity contribution in [2.24, 2.45) is 0 Å². The van der Waals surface area contributed by atoms with E-state index >= 15 is 0 Å². The summed E-state index contributed by atoms with van der Waals surface area (Å²) in [5, 5.41) is 21.6. The molecular weight excluding hydrogens is 169 g/mol. The van der Waals surface area contributed by atoms with Crippen molar-refractivity contribution in [3.8, 4) is 0 Å². The molecule has 0 unspecified atom stereocenters. The van der Waals surface area contributed by atoms with Gasteiger partial charge in [-0.2, -0.15) is 5.10 Å². The molecule has 0 spiro atoms. The number of hydrogen-bond donors (Lipinski definition) is 2. The average Bonchev–Trinajstić information content (AvgIpc) is 2.42. The topological polar surface area (TPSA) is 70.7 Å². The Bertz CT molecular complexity index is 440. The van der Waals surface area contributed by atoms with Crippen molar-refractivity contribution in [2.45, 2.75) is 6.92 Å². The monoisotopic (exact) mass is 177 g/mol. The number of aromatic nitrogens is 3. The van der Waals surface area contributed by atoms with Crippen molar-refractivity contribution in [3.63, 3.8) is 0 Å². The predicted molar refractivity (Wildman–Crippen MR) is 47.5 cm³/mol. The summed E-state index contributed by atoms with van der Waals surface area (Å²) < 4.78 is 1.52. The Labute approximate surface area is 74.8 Å². The molecular formula is C7H8BN3O2. The van der Waals surface area contributed by atoms with Crippen LogP contribution in [0.2, 0.25) is 0 Å². The van der Waals surface area contributed by atoms with Crippen LogP contribution in [0.25, 0.3) is 5.65 Å². The van der Waals surface area contributed by atoms with Crippen molar-refractivity contribution < 1.29 is 10.0 Å². The van der Waals surface area contributed by atoms with E-state index in [4.69, 9.17) is 10.0 Å². The van der Waals surface area contributed by atoms with Crippen LogP contribution in [0.4, 0.5) is 0 Å². The number of rotatable bonds is 1. The molecule has 2 aromatic rings. The fourth-order valence-corrected chi connectivity index (χ4v) is 1.15. The number of nitrogens with zero attached hydrogens (tertiary/aromatic N) is 3. The second-order valence-electron chi connectivity index (χ2n) is 2.82. The van der Waals surface area contributed by atoms with Gasteiger partial charge >= 0.3 is 7.12 Å². The normalized spacial score (nSPS) is 10.7. The Morgan fingerprint density at radius 1 is 1.38 bits per heavy atom. The van der Waals surface area contributed by atoms with Gasteiger partial charge in [0.25, 0.3) is 0 Å².